The van der Waals surface area contributed by atoms with E-state index < -0.39 is 0 Å². The van der Waals surface area contributed by atoms with E-state index in [1.165, 1.54) is 11.1 Å². The summed E-state index contributed by atoms with van der Waals surface area (Å²) >= 11 is 0. The second-order valence-corrected chi connectivity index (χ2v) is 6.51. The van der Waals surface area contributed by atoms with Gasteiger partial charge in [-0.1, -0.05) is 37.3 Å². The Labute approximate surface area is 159 Å². The lowest BCUT2D eigenvalue weighted by Crippen LogP contribution is -2.10. The average molecular weight is 363 g/mol. The van der Waals surface area contributed by atoms with Crippen LogP contribution in [0, 0.1) is 20.8 Å². The van der Waals surface area contributed by atoms with E-state index in [0.717, 1.165) is 29.0 Å². The van der Waals surface area contributed by atoms with Gasteiger partial charge in [0, 0.05) is 5.69 Å². The molecule has 3 N–H and O–H groups in total. The predicted octanol–water partition coefficient (Wildman–Crippen LogP) is 4.26. The first kappa shape index (κ1) is 18.6. The smallest absolute Gasteiger partial charge is 0.232 e. The Hall–Kier alpha value is -3.15. The van der Waals surface area contributed by atoms with Crippen LogP contribution in [0.1, 0.15) is 35.0 Å². The van der Waals surface area contributed by atoms with Crippen molar-refractivity contribution in [3.63, 3.8) is 0 Å². The van der Waals surface area contributed by atoms with Gasteiger partial charge in [-0.2, -0.15) is 15.0 Å². The Morgan fingerprint density at radius 2 is 1.70 bits per heavy atom. The number of hydrogen-bond donors (Lipinski definition) is 2. The van der Waals surface area contributed by atoms with Gasteiger partial charge in [0.15, 0.2) is 5.82 Å². The standard InChI is InChI=1S/C21H25N5O/c1-5-16-8-6-7-9-17(16)23-21-25-18(24-20(22)26-21)12-27-19-14(3)11-10-13(2)15(19)4/h6-11H,5,12H2,1-4H3,(H3,22,23,24,25,26). The Morgan fingerprint density at radius 3 is 2.48 bits per heavy atom. The van der Waals surface area contributed by atoms with Crippen LogP contribution in [-0.2, 0) is 13.0 Å². The van der Waals surface area contributed by atoms with Crippen LogP contribution >= 0.6 is 0 Å². The number of rotatable bonds is 6. The molecular weight excluding hydrogens is 338 g/mol. The third-order valence-corrected chi connectivity index (χ3v) is 4.56. The molecule has 0 atom stereocenters. The van der Waals surface area contributed by atoms with Crippen molar-refractivity contribution >= 4 is 17.6 Å². The Bertz CT molecular complexity index is 955. The molecule has 0 radical (unpaired) electrons. The van der Waals surface area contributed by atoms with Gasteiger partial charge in [-0.25, -0.2) is 0 Å². The second-order valence-electron chi connectivity index (χ2n) is 6.51. The topological polar surface area (TPSA) is 86.0 Å². The van der Waals surface area contributed by atoms with E-state index in [2.05, 4.69) is 46.2 Å². The van der Waals surface area contributed by atoms with Crippen molar-refractivity contribution in [1.29, 1.82) is 0 Å². The molecule has 3 rings (SSSR count). The van der Waals surface area contributed by atoms with Crippen LogP contribution in [0.4, 0.5) is 17.6 Å². The van der Waals surface area contributed by atoms with Crippen molar-refractivity contribution in [3.05, 3.63) is 64.5 Å². The van der Waals surface area contributed by atoms with Crippen molar-refractivity contribution in [3.8, 4) is 5.75 Å². The van der Waals surface area contributed by atoms with Gasteiger partial charge in [-0.15, -0.1) is 0 Å². The molecule has 140 valence electrons. The van der Waals surface area contributed by atoms with Gasteiger partial charge in [-0.05, 0) is 55.5 Å². The molecule has 3 aromatic rings. The number of benzene rings is 2. The molecule has 2 aromatic carbocycles. The Kier molecular flexibility index (Phi) is 5.54. The first-order chi connectivity index (χ1) is 13.0. The minimum absolute atomic E-state index is 0.165. The minimum atomic E-state index is 0.165. The van der Waals surface area contributed by atoms with E-state index in [4.69, 9.17) is 10.5 Å². The minimum Gasteiger partial charge on any atom is -0.485 e. The maximum Gasteiger partial charge on any atom is 0.232 e. The third-order valence-electron chi connectivity index (χ3n) is 4.56. The number of nitrogens with two attached hydrogens (primary N) is 1. The van der Waals surface area contributed by atoms with E-state index in [-0.39, 0.29) is 12.6 Å². The van der Waals surface area contributed by atoms with Crippen LogP contribution in [0.2, 0.25) is 0 Å². The zero-order valence-corrected chi connectivity index (χ0v) is 16.2. The van der Waals surface area contributed by atoms with E-state index in [0.29, 0.717) is 11.8 Å². The Morgan fingerprint density at radius 1 is 0.963 bits per heavy atom. The lowest BCUT2D eigenvalue weighted by molar-refractivity contribution is 0.291. The zero-order chi connectivity index (χ0) is 19.4. The SMILES string of the molecule is CCc1ccccc1Nc1nc(N)nc(COc2c(C)ccc(C)c2C)n1. The highest BCUT2D eigenvalue weighted by molar-refractivity contribution is 5.58. The van der Waals surface area contributed by atoms with Crippen molar-refractivity contribution in [1.82, 2.24) is 15.0 Å². The molecule has 1 aromatic heterocycles. The van der Waals surface area contributed by atoms with Gasteiger partial charge in [0.2, 0.25) is 11.9 Å². The third kappa shape index (κ3) is 4.34. The molecule has 0 saturated heterocycles. The summed E-state index contributed by atoms with van der Waals surface area (Å²) in [6.07, 6.45) is 0.908. The number of nitrogen functional groups attached to an aromatic ring is 1. The number of nitrogens with one attached hydrogen (secondary N) is 1. The molecule has 0 aliphatic carbocycles. The molecule has 1 heterocycles. The van der Waals surface area contributed by atoms with Crippen LogP contribution < -0.4 is 15.8 Å². The predicted molar refractivity (Wildman–Crippen MR) is 108 cm³/mol. The van der Waals surface area contributed by atoms with Gasteiger partial charge >= 0.3 is 0 Å². The fourth-order valence-electron chi connectivity index (χ4n) is 2.91. The fraction of sp³-hybridized carbons (Fsp3) is 0.286. The van der Waals surface area contributed by atoms with Crippen molar-refractivity contribution < 1.29 is 4.74 Å². The zero-order valence-electron chi connectivity index (χ0n) is 16.2. The summed E-state index contributed by atoms with van der Waals surface area (Å²) in [6, 6.07) is 12.2. The Balaban J connectivity index is 1.81. The normalized spacial score (nSPS) is 10.7. The summed E-state index contributed by atoms with van der Waals surface area (Å²) in [5.41, 5.74) is 11.4. The number of anilines is 3. The van der Waals surface area contributed by atoms with Crippen LogP contribution in [0.5, 0.6) is 5.75 Å². The fourth-order valence-corrected chi connectivity index (χ4v) is 2.91. The quantitative estimate of drug-likeness (QED) is 0.680. The van der Waals surface area contributed by atoms with Crippen LogP contribution in [-0.4, -0.2) is 15.0 Å². The molecule has 0 saturated carbocycles. The molecule has 0 bridgehead atoms. The molecule has 0 aliphatic heterocycles. The maximum absolute atomic E-state index is 6.00. The van der Waals surface area contributed by atoms with Crippen molar-refractivity contribution in [2.24, 2.45) is 0 Å². The summed E-state index contributed by atoms with van der Waals surface area (Å²) in [7, 11) is 0. The first-order valence-electron chi connectivity index (χ1n) is 9.03. The molecule has 27 heavy (non-hydrogen) atoms. The van der Waals surface area contributed by atoms with E-state index >= 15 is 0 Å². The number of para-hydroxylation sites is 1. The van der Waals surface area contributed by atoms with Crippen LogP contribution in [0.25, 0.3) is 0 Å². The highest BCUT2D eigenvalue weighted by Gasteiger charge is 2.10. The van der Waals surface area contributed by atoms with Crippen molar-refractivity contribution in [2.45, 2.75) is 40.7 Å². The van der Waals surface area contributed by atoms with E-state index in [1.807, 2.05) is 38.1 Å². The number of ether oxygens (including phenoxy) is 1. The number of nitrogens with zero attached hydrogens (tertiary/aromatic N) is 3. The summed E-state index contributed by atoms with van der Waals surface area (Å²) < 4.78 is 6.00. The number of hydrogen-bond acceptors (Lipinski definition) is 6. The molecule has 0 aliphatic rings. The van der Waals surface area contributed by atoms with Crippen LogP contribution in [0.15, 0.2) is 36.4 Å². The van der Waals surface area contributed by atoms with Crippen molar-refractivity contribution in [2.75, 3.05) is 11.1 Å². The number of aryl methyl sites for hydroxylation is 3. The molecule has 0 amide bonds. The van der Waals surface area contributed by atoms with E-state index in [9.17, 15) is 0 Å². The number of aromatic nitrogens is 3. The summed E-state index contributed by atoms with van der Waals surface area (Å²) in [4.78, 5) is 12.9. The average Bonchev–Trinajstić information content (AvgIpc) is 2.65. The summed E-state index contributed by atoms with van der Waals surface area (Å²) in [5, 5.41) is 3.24. The highest BCUT2D eigenvalue weighted by Crippen LogP contribution is 2.26. The lowest BCUT2D eigenvalue weighted by Gasteiger charge is -2.14. The van der Waals surface area contributed by atoms with Gasteiger partial charge < -0.3 is 15.8 Å². The monoisotopic (exact) mass is 363 g/mol. The summed E-state index contributed by atoms with van der Waals surface area (Å²) in [6.45, 7) is 8.47. The molecular formula is C21H25N5O. The molecule has 0 unspecified atom stereocenters. The largest absolute Gasteiger partial charge is 0.485 e. The van der Waals surface area contributed by atoms with Crippen LogP contribution in [0.3, 0.4) is 0 Å². The highest BCUT2D eigenvalue weighted by atomic mass is 16.5. The van der Waals surface area contributed by atoms with Gasteiger partial charge in [0.1, 0.15) is 12.4 Å². The molecule has 6 heteroatoms. The van der Waals surface area contributed by atoms with E-state index in [1.54, 1.807) is 0 Å². The maximum atomic E-state index is 6.00. The second kappa shape index (κ2) is 8.03. The molecule has 0 spiro atoms. The lowest BCUT2D eigenvalue weighted by atomic mass is 10.1. The van der Waals surface area contributed by atoms with Gasteiger partial charge in [-0.3, -0.25) is 0 Å². The molecule has 0 fully saturated rings. The van der Waals surface area contributed by atoms with Gasteiger partial charge in [0.25, 0.3) is 0 Å². The summed E-state index contributed by atoms with van der Waals surface area (Å²) in [5.74, 6) is 1.93. The van der Waals surface area contributed by atoms with Gasteiger partial charge in [0.05, 0.1) is 0 Å². The molecule has 6 nitrogen and oxygen atoms in total. The first-order valence-corrected chi connectivity index (χ1v) is 9.03.